The largest absolute Gasteiger partial charge is 0.478 e. The average Bonchev–Trinajstić information content (AvgIpc) is 2.46. The maximum Gasteiger partial charge on any atom is 0.330 e. The Balaban J connectivity index is 0.000000396. The number of hydrogen-bond donors (Lipinski definition) is 1. The third-order valence-corrected chi connectivity index (χ3v) is 3.00. The van der Waals surface area contributed by atoms with Crippen molar-refractivity contribution >= 4 is 5.97 Å². The third kappa shape index (κ3) is 8.48. The van der Waals surface area contributed by atoms with E-state index in [2.05, 4.69) is 55.7 Å². The number of benzene rings is 1. The summed E-state index contributed by atoms with van der Waals surface area (Å²) in [5.41, 5.74) is 1.70. The summed E-state index contributed by atoms with van der Waals surface area (Å²) in [6, 6.07) is 10.6. The van der Waals surface area contributed by atoms with Crippen LogP contribution in [0.4, 0.5) is 0 Å². The van der Waals surface area contributed by atoms with Crippen molar-refractivity contribution in [3.05, 3.63) is 48.0 Å². The summed E-state index contributed by atoms with van der Waals surface area (Å²) in [7, 11) is 0. The first-order chi connectivity index (χ1) is 9.54. The molecule has 0 spiro atoms. The molecular weight excluding hydrogens is 250 g/mol. The quantitative estimate of drug-likeness (QED) is 0.767. The van der Waals surface area contributed by atoms with Crippen molar-refractivity contribution in [3.8, 4) is 0 Å². The number of carbonyl (C=O) groups is 1. The lowest BCUT2D eigenvalue weighted by Gasteiger charge is -2.17. The molecule has 0 unspecified atom stereocenters. The summed E-state index contributed by atoms with van der Waals surface area (Å²) in [6.45, 7) is 13.0. The fraction of sp³-hybridized carbons (Fsp3) is 0.471. The lowest BCUT2D eigenvalue weighted by Crippen LogP contribution is -2.21. The van der Waals surface area contributed by atoms with E-state index < -0.39 is 5.97 Å². The van der Waals surface area contributed by atoms with Crippen LogP contribution < -0.4 is 0 Å². The highest BCUT2D eigenvalue weighted by atomic mass is 16.4. The van der Waals surface area contributed by atoms with Crippen molar-refractivity contribution in [1.29, 1.82) is 0 Å². The molecule has 0 heterocycles. The standard InChI is InChI=1S/C11H17N.C6H10O2/c1-3-12(4-2)10-11-8-6-5-7-9-11;1-3-4-5(2)6(7)8/h5-9H,3-4,10H2,1-2H3;2-4H2,1H3,(H,7,8). The van der Waals surface area contributed by atoms with Crippen molar-refractivity contribution in [1.82, 2.24) is 4.90 Å². The molecule has 1 rings (SSSR count). The van der Waals surface area contributed by atoms with E-state index in [0.29, 0.717) is 12.0 Å². The van der Waals surface area contributed by atoms with Crippen LogP contribution >= 0.6 is 0 Å². The maximum atomic E-state index is 9.99. The van der Waals surface area contributed by atoms with E-state index in [-0.39, 0.29) is 0 Å². The van der Waals surface area contributed by atoms with Crippen LogP contribution in [0.5, 0.6) is 0 Å². The zero-order valence-corrected chi connectivity index (χ0v) is 12.9. The summed E-state index contributed by atoms with van der Waals surface area (Å²) in [5, 5.41) is 8.21. The molecule has 3 heteroatoms. The minimum absolute atomic E-state index is 0.299. The highest BCUT2D eigenvalue weighted by molar-refractivity contribution is 5.85. The maximum absolute atomic E-state index is 9.99. The van der Waals surface area contributed by atoms with Crippen LogP contribution in [-0.4, -0.2) is 29.1 Å². The van der Waals surface area contributed by atoms with E-state index in [0.717, 1.165) is 26.1 Å². The predicted octanol–water partition coefficient (Wildman–Crippen LogP) is 3.96. The second-order valence-corrected chi connectivity index (χ2v) is 4.61. The van der Waals surface area contributed by atoms with E-state index in [4.69, 9.17) is 5.11 Å². The van der Waals surface area contributed by atoms with Crippen LogP contribution in [0, 0.1) is 0 Å². The fourth-order valence-electron chi connectivity index (χ4n) is 1.70. The Kier molecular flexibility index (Phi) is 10.3. The lowest BCUT2D eigenvalue weighted by atomic mass is 10.2. The van der Waals surface area contributed by atoms with Gasteiger partial charge in [-0.1, -0.05) is 64.1 Å². The Morgan fingerprint density at radius 3 is 2.05 bits per heavy atom. The first-order valence-corrected chi connectivity index (χ1v) is 7.22. The first-order valence-electron chi connectivity index (χ1n) is 7.22. The Bertz CT molecular complexity index is 383. The number of nitrogens with zero attached hydrogens (tertiary/aromatic N) is 1. The summed E-state index contributed by atoms with van der Waals surface area (Å²) >= 11 is 0. The van der Waals surface area contributed by atoms with Crippen molar-refractivity contribution in [3.63, 3.8) is 0 Å². The van der Waals surface area contributed by atoms with E-state index in [1.54, 1.807) is 0 Å². The van der Waals surface area contributed by atoms with Crippen LogP contribution in [0.15, 0.2) is 42.5 Å². The van der Waals surface area contributed by atoms with E-state index in [9.17, 15) is 4.79 Å². The Morgan fingerprint density at radius 1 is 1.15 bits per heavy atom. The van der Waals surface area contributed by atoms with Crippen molar-refractivity contribution in [2.24, 2.45) is 0 Å². The van der Waals surface area contributed by atoms with Gasteiger partial charge in [0.2, 0.25) is 0 Å². The number of carboxylic acids is 1. The van der Waals surface area contributed by atoms with Gasteiger partial charge in [0, 0.05) is 12.1 Å². The summed E-state index contributed by atoms with van der Waals surface area (Å²) in [6.07, 6.45) is 1.44. The van der Waals surface area contributed by atoms with E-state index >= 15 is 0 Å². The minimum atomic E-state index is -0.883. The molecule has 0 bridgehead atoms. The third-order valence-electron chi connectivity index (χ3n) is 3.00. The average molecular weight is 277 g/mol. The van der Waals surface area contributed by atoms with Gasteiger partial charge in [-0.25, -0.2) is 4.79 Å². The van der Waals surface area contributed by atoms with Gasteiger partial charge >= 0.3 is 5.97 Å². The van der Waals surface area contributed by atoms with Gasteiger partial charge in [0.05, 0.1) is 0 Å². The number of rotatable bonds is 7. The molecule has 0 saturated carbocycles. The molecule has 0 aliphatic rings. The van der Waals surface area contributed by atoms with Crippen LogP contribution in [0.25, 0.3) is 0 Å². The van der Waals surface area contributed by atoms with Crippen LogP contribution in [0.3, 0.4) is 0 Å². The van der Waals surface area contributed by atoms with Gasteiger partial charge in [0.1, 0.15) is 0 Å². The fourth-order valence-corrected chi connectivity index (χ4v) is 1.70. The molecule has 0 aliphatic heterocycles. The second kappa shape index (κ2) is 11.2. The van der Waals surface area contributed by atoms with Crippen LogP contribution in [-0.2, 0) is 11.3 Å². The van der Waals surface area contributed by atoms with Gasteiger partial charge in [-0.2, -0.15) is 0 Å². The molecule has 0 amide bonds. The molecule has 0 radical (unpaired) electrons. The molecule has 20 heavy (non-hydrogen) atoms. The zero-order chi connectivity index (χ0) is 15.4. The zero-order valence-electron chi connectivity index (χ0n) is 12.9. The molecule has 0 saturated heterocycles. The molecule has 1 aromatic carbocycles. The second-order valence-electron chi connectivity index (χ2n) is 4.61. The summed E-state index contributed by atoms with van der Waals surface area (Å²) in [5.74, 6) is -0.883. The van der Waals surface area contributed by atoms with Gasteiger partial charge < -0.3 is 5.11 Å². The van der Waals surface area contributed by atoms with Gasteiger partial charge in [-0.15, -0.1) is 0 Å². The molecule has 112 valence electrons. The van der Waals surface area contributed by atoms with Crippen LogP contribution in [0.1, 0.15) is 39.2 Å². The molecular formula is C17H27NO2. The molecule has 0 fully saturated rings. The van der Waals surface area contributed by atoms with Crippen molar-refractivity contribution in [2.75, 3.05) is 13.1 Å². The molecule has 0 aliphatic carbocycles. The Morgan fingerprint density at radius 2 is 1.70 bits per heavy atom. The van der Waals surface area contributed by atoms with E-state index in [1.165, 1.54) is 5.56 Å². The van der Waals surface area contributed by atoms with E-state index in [1.807, 2.05) is 6.92 Å². The molecule has 1 N–H and O–H groups in total. The SMILES string of the molecule is C=C(CCC)C(=O)O.CCN(CC)Cc1ccccc1. The topological polar surface area (TPSA) is 40.5 Å². The van der Waals surface area contributed by atoms with Crippen molar-refractivity contribution in [2.45, 2.75) is 40.2 Å². The molecule has 0 aromatic heterocycles. The normalized spacial score (nSPS) is 9.80. The Hall–Kier alpha value is -1.61. The number of carboxylic acid groups (broad SMARTS) is 1. The lowest BCUT2D eigenvalue weighted by molar-refractivity contribution is -0.132. The molecule has 3 nitrogen and oxygen atoms in total. The van der Waals surface area contributed by atoms with Gasteiger partial charge in [0.15, 0.2) is 0 Å². The smallest absolute Gasteiger partial charge is 0.330 e. The monoisotopic (exact) mass is 277 g/mol. The van der Waals surface area contributed by atoms with Gasteiger partial charge in [0.25, 0.3) is 0 Å². The molecule has 0 atom stereocenters. The summed E-state index contributed by atoms with van der Waals surface area (Å²) in [4.78, 5) is 12.4. The number of aliphatic carboxylic acids is 1. The Labute approximate surface area is 122 Å². The highest BCUT2D eigenvalue weighted by Gasteiger charge is 1.99. The minimum Gasteiger partial charge on any atom is -0.478 e. The first kappa shape index (κ1) is 18.4. The summed E-state index contributed by atoms with van der Waals surface area (Å²) < 4.78 is 0. The highest BCUT2D eigenvalue weighted by Crippen LogP contribution is 2.03. The van der Waals surface area contributed by atoms with Crippen molar-refractivity contribution < 1.29 is 9.90 Å². The molecule has 1 aromatic rings. The number of hydrogen-bond acceptors (Lipinski definition) is 2. The van der Waals surface area contributed by atoms with Gasteiger partial charge in [-0.3, -0.25) is 4.90 Å². The predicted molar refractivity (Wildman–Crippen MR) is 84.8 cm³/mol. The van der Waals surface area contributed by atoms with Crippen LogP contribution in [0.2, 0.25) is 0 Å². The van der Waals surface area contributed by atoms with Gasteiger partial charge in [-0.05, 0) is 25.1 Å².